The average molecular weight is 298 g/mol. The summed E-state index contributed by atoms with van der Waals surface area (Å²) in [5.74, 6) is -0.261. The number of thiophene rings is 1. The largest absolute Gasteiger partial charge is 0.369 e. The number of aromatic nitrogens is 2. The van der Waals surface area contributed by atoms with E-state index in [9.17, 15) is 4.79 Å². The Morgan fingerprint density at radius 3 is 2.95 bits per heavy atom. The molecule has 0 saturated heterocycles. The molecule has 0 spiro atoms. The first-order valence-electron chi connectivity index (χ1n) is 6.41. The van der Waals surface area contributed by atoms with Crippen LogP contribution in [0.25, 0.3) is 22.2 Å². The van der Waals surface area contributed by atoms with Gasteiger partial charge in [0.15, 0.2) is 0 Å². The monoisotopic (exact) mass is 298 g/mol. The minimum Gasteiger partial charge on any atom is -0.369 e. The number of aromatic amines is 1. The third-order valence-electron chi connectivity index (χ3n) is 3.01. The molecule has 21 heavy (non-hydrogen) atoms. The number of carbonyl (C=O) groups is 1. The van der Waals surface area contributed by atoms with Gasteiger partial charge in [0.05, 0.1) is 11.9 Å². The van der Waals surface area contributed by atoms with Gasteiger partial charge in [-0.15, -0.1) is 0 Å². The van der Waals surface area contributed by atoms with Gasteiger partial charge in [-0.25, -0.2) is 0 Å². The van der Waals surface area contributed by atoms with Gasteiger partial charge in [-0.1, -0.05) is 0 Å². The lowest BCUT2D eigenvalue weighted by atomic mass is 10.1. The first kappa shape index (κ1) is 13.5. The predicted molar refractivity (Wildman–Crippen MR) is 85.9 cm³/mol. The van der Waals surface area contributed by atoms with Crippen molar-refractivity contribution in [3.63, 3.8) is 0 Å². The second kappa shape index (κ2) is 5.49. The van der Waals surface area contributed by atoms with Gasteiger partial charge in [-0.05, 0) is 29.6 Å². The molecule has 0 aliphatic rings. The number of nitrogens with one attached hydrogen (secondary N) is 1. The van der Waals surface area contributed by atoms with Gasteiger partial charge in [-0.2, -0.15) is 21.4 Å². The van der Waals surface area contributed by atoms with Crippen LogP contribution in [0.4, 0.5) is 0 Å². The standard InChI is InChI=1S/C15H14N4OS/c1-19(2)9-16-15(20)10-3-4-13-12(7-10)14(18-17-13)11-5-6-21-8-11/h3-9H,1-2H3,(H,17,18). The molecule has 1 amide bonds. The van der Waals surface area contributed by atoms with Crippen LogP contribution in [0, 0.1) is 0 Å². The zero-order chi connectivity index (χ0) is 14.8. The van der Waals surface area contributed by atoms with Crippen molar-refractivity contribution >= 4 is 34.5 Å². The molecule has 0 bridgehead atoms. The summed E-state index contributed by atoms with van der Waals surface area (Å²) in [5.41, 5.74) is 3.37. The van der Waals surface area contributed by atoms with Crippen LogP contribution in [0.3, 0.4) is 0 Å². The number of fused-ring (bicyclic) bond motifs is 1. The second-order valence-electron chi connectivity index (χ2n) is 4.86. The van der Waals surface area contributed by atoms with Crippen molar-refractivity contribution < 1.29 is 4.79 Å². The normalized spacial score (nSPS) is 11.3. The molecule has 0 saturated carbocycles. The minimum absolute atomic E-state index is 0.261. The van der Waals surface area contributed by atoms with Crippen LogP contribution in [0.5, 0.6) is 0 Å². The van der Waals surface area contributed by atoms with E-state index in [2.05, 4.69) is 15.2 Å². The summed E-state index contributed by atoms with van der Waals surface area (Å²) in [7, 11) is 3.65. The van der Waals surface area contributed by atoms with E-state index in [1.54, 1.807) is 22.3 Å². The highest BCUT2D eigenvalue weighted by Gasteiger charge is 2.11. The summed E-state index contributed by atoms with van der Waals surface area (Å²) in [6.45, 7) is 0. The van der Waals surface area contributed by atoms with Crippen molar-refractivity contribution in [2.75, 3.05) is 14.1 Å². The summed E-state index contributed by atoms with van der Waals surface area (Å²) < 4.78 is 0. The Bertz CT molecular complexity index is 802. The summed E-state index contributed by atoms with van der Waals surface area (Å²) in [5, 5.41) is 12.3. The molecule has 2 heterocycles. The first-order chi connectivity index (χ1) is 10.1. The zero-order valence-electron chi connectivity index (χ0n) is 11.7. The van der Waals surface area contributed by atoms with Gasteiger partial charge < -0.3 is 4.90 Å². The number of carbonyl (C=O) groups excluding carboxylic acids is 1. The Hall–Kier alpha value is -2.47. The molecular formula is C15H14N4OS. The zero-order valence-corrected chi connectivity index (χ0v) is 12.5. The maximum Gasteiger partial charge on any atom is 0.278 e. The average Bonchev–Trinajstić information content (AvgIpc) is 3.12. The fourth-order valence-electron chi connectivity index (χ4n) is 2.01. The maximum absolute atomic E-state index is 12.1. The molecule has 3 aromatic rings. The van der Waals surface area contributed by atoms with Crippen LogP contribution < -0.4 is 0 Å². The van der Waals surface area contributed by atoms with Crippen LogP contribution in [0.15, 0.2) is 40.0 Å². The van der Waals surface area contributed by atoms with Gasteiger partial charge in [0, 0.05) is 36.0 Å². The number of nitrogens with zero attached hydrogens (tertiary/aromatic N) is 3. The van der Waals surface area contributed by atoms with Gasteiger partial charge in [0.2, 0.25) is 0 Å². The minimum atomic E-state index is -0.261. The molecule has 1 N–H and O–H groups in total. The molecule has 3 rings (SSSR count). The van der Waals surface area contributed by atoms with Crippen LogP contribution in [-0.2, 0) is 0 Å². The van der Waals surface area contributed by atoms with E-state index in [4.69, 9.17) is 0 Å². The van der Waals surface area contributed by atoms with Crippen LogP contribution >= 0.6 is 11.3 Å². The van der Waals surface area contributed by atoms with E-state index in [1.165, 1.54) is 6.34 Å². The van der Waals surface area contributed by atoms with E-state index >= 15 is 0 Å². The molecule has 106 valence electrons. The lowest BCUT2D eigenvalue weighted by Crippen LogP contribution is -2.09. The number of benzene rings is 1. The van der Waals surface area contributed by atoms with Crippen LogP contribution in [0.2, 0.25) is 0 Å². The van der Waals surface area contributed by atoms with E-state index in [1.807, 2.05) is 43.1 Å². The van der Waals surface area contributed by atoms with E-state index in [-0.39, 0.29) is 5.91 Å². The van der Waals surface area contributed by atoms with E-state index < -0.39 is 0 Å². The molecular weight excluding hydrogens is 284 g/mol. The van der Waals surface area contributed by atoms with Gasteiger partial charge in [-0.3, -0.25) is 9.89 Å². The second-order valence-corrected chi connectivity index (χ2v) is 5.64. The Kier molecular flexibility index (Phi) is 3.53. The van der Waals surface area contributed by atoms with Crippen molar-refractivity contribution in [3.05, 3.63) is 40.6 Å². The fourth-order valence-corrected chi connectivity index (χ4v) is 2.65. The van der Waals surface area contributed by atoms with Crippen molar-refractivity contribution in [2.45, 2.75) is 0 Å². The number of H-pyrrole nitrogens is 1. The number of hydrogen-bond acceptors (Lipinski definition) is 3. The lowest BCUT2D eigenvalue weighted by molar-refractivity contribution is 0.100. The third-order valence-corrected chi connectivity index (χ3v) is 3.69. The number of aliphatic imine (C=N–C) groups is 1. The summed E-state index contributed by atoms with van der Waals surface area (Å²) in [4.78, 5) is 17.7. The van der Waals surface area contributed by atoms with Crippen molar-refractivity contribution in [1.29, 1.82) is 0 Å². The molecule has 0 unspecified atom stereocenters. The van der Waals surface area contributed by atoms with E-state index in [0.717, 1.165) is 22.2 Å². The van der Waals surface area contributed by atoms with Gasteiger partial charge in [0.25, 0.3) is 5.91 Å². The molecule has 2 aromatic heterocycles. The topological polar surface area (TPSA) is 61.4 Å². The van der Waals surface area contributed by atoms with Crippen molar-refractivity contribution in [1.82, 2.24) is 15.1 Å². The first-order valence-corrected chi connectivity index (χ1v) is 7.35. The molecule has 0 atom stereocenters. The van der Waals surface area contributed by atoms with Crippen LogP contribution in [0.1, 0.15) is 10.4 Å². The molecule has 6 heteroatoms. The Balaban J connectivity index is 2.03. The summed E-state index contributed by atoms with van der Waals surface area (Å²) in [6, 6.07) is 7.46. The van der Waals surface area contributed by atoms with Crippen LogP contribution in [-0.4, -0.2) is 41.4 Å². The highest BCUT2D eigenvalue weighted by atomic mass is 32.1. The molecule has 0 fully saturated rings. The molecule has 0 aliphatic carbocycles. The quantitative estimate of drug-likeness (QED) is 0.597. The number of amides is 1. The number of hydrogen-bond donors (Lipinski definition) is 1. The van der Waals surface area contributed by atoms with Crippen molar-refractivity contribution in [3.8, 4) is 11.3 Å². The van der Waals surface area contributed by atoms with Gasteiger partial charge >= 0.3 is 0 Å². The highest BCUT2D eigenvalue weighted by molar-refractivity contribution is 7.08. The molecule has 0 radical (unpaired) electrons. The highest BCUT2D eigenvalue weighted by Crippen LogP contribution is 2.28. The maximum atomic E-state index is 12.1. The fraction of sp³-hybridized carbons (Fsp3) is 0.133. The molecule has 1 aromatic carbocycles. The molecule has 0 aliphatic heterocycles. The Morgan fingerprint density at radius 1 is 1.38 bits per heavy atom. The third kappa shape index (κ3) is 2.71. The van der Waals surface area contributed by atoms with Gasteiger partial charge in [0.1, 0.15) is 5.69 Å². The summed E-state index contributed by atoms with van der Waals surface area (Å²) >= 11 is 1.62. The SMILES string of the molecule is CN(C)C=NC(=O)c1ccc2[nH]nc(-c3ccsc3)c2c1. The van der Waals surface area contributed by atoms with Crippen molar-refractivity contribution in [2.24, 2.45) is 4.99 Å². The molecule has 5 nitrogen and oxygen atoms in total. The smallest absolute Gasteiger partial charge is 0.278 e. The predicted octanol–water partition coefficient (Wildman–Crippen LogP) is 3.02. The Morgan fingerprint density at radius 2 is 2.24 bits per heavy atom. The Labute approximate surface area is 125 Å². The lowest BCUT2D eigenvalue weighted by Gasteiger charge is -2.02. The number of rotatable bonds is 3. The van der Waals surface area contributed by atoms with E-state index in [0.29, 0.717) is 5.56 Å². The summed E-state index contributed by atoms with van der Waals surface area (Å²) in [6.07, 6.45) is 1.50.